The molecule has 2 N–H and O–H groups in total. The van der Waals surface area contributed by atoms with Gasteiger partial charge in [0.15, 0.2) is 0 Å². The van der Waals surface area contributed by atoms with E-state index < -0.39 is 0 Å². The number of anilines is 1. The molecule has 0 saturated heterocycles. The van der Waals surface area contributed by atoms with E-state index in [0.717, 1.165) is 22.6 Å². The number of para-hydroxylation sites is 1. The molecule has 1 unspecified atom stereocenters. The van der Waals surface area contributed by atoms with Gasteiger partial charge in [0.25, 0.3) is 5.91 Å². The number of methoxy groups -OCH3 is 1. The molecule has 0 aliphatic carbocycles. The molecule has 3 rings (SSSR count). The fourth-order valence-corrected chi connectivity index (χ4v) is 2.81. The molecule has 0 saturated carbocycles. The molecule has 1 aromatic heterocycles. The molecular weight excluding hydrogens is 338 g/mol. The summed E-state index contributed by atoms with van der Waals surface area (Å²) in [7, 11) is 1.65. The van der Waals surface area contributed by atoms with Gasteiger partial charge in [0, 0.05) is 24.5 Å². The summed E-state index contributed by atoms with van der Waals surface area (Å²) in [5, 5.41) is 6.30. The van der Waals surface area contributed by atoms with Crippen LogP contribution in [0.3, 0.4) is 0 Å². The summed E-state index contributed by atoms with van der Waals surface area (Å²) in [6.07, 6.45) is 3.27. The Labute approximate surface area is 159 Å². The monoisotopic (exact) mass is 361 g/mol. The van der Waals surface area contributed by atoms with Gasteiger partial charge in [0.2, 0.25) is 0 Å². The summed E-state index contributed by atoms with van der Waals surface area (Å²) in [5.41, 5.74) is 3.39. The smallest absolute Gasteiger partial charge is 0.253 e. The lowest BCUT2D eigenvalue weighted by molar-refractivity contribution is 0.0939. The summed E-state index contributed by atoms with van der Waals surface area (Å²) in [4.78, 5) is 16.7. The molecule has 0 aliphatic heterocycles. The van der Waals surface area contributed by atoms with Gasteiger partial charge >= 0.3 is 0 Å². The Morgan fingerprint density at radius 3 is 2.59 bits per heavy atom. The summed E-state index contributed by atoms with van der Waals surface area (Å²) in [5.74, 6) is 0.670. The van der Waals surface area contributed by atoms with Crippen LogP contribution in [0, 0.1) is 0 Å². The highest BCUT2D eigenvalue weighted by Crippen LogP contribution is 2.19. The number of nitrogens with one attached hydrogen (secondary N) is 2. The van der Waals surface area contributed by atoms with Crippen LogP contribution in [-0.2, 0) is 6.54 Å². The van der Waals surface area contributed by atoms with Crippen molar-refractivity contribution in [1.82, 2.24) is 10.3 Å². The van der Waals surface area contributed by atoms with Crippen molar-refractivity contribution >= 4 is 11.6 Å². The third-order valence-corrected chi connectivity index (χ3v) is 4.32. The average molecular weight is 361 g/mol. The van der Waals surface area contributed by atoms with Crippen LogP contribution in [0.15, 0.2) is 73.1 Å². The van der Waals surface area contributed by atoms with Crippen LogP contribution in [0.4, 0.5) is 5.69 Å². The van der Waals surface area contributed by atoms with Gasteiger partial charge in [-0.3, -0.25) is 9.78 Å². The van der Waals surface area contributed by atoms with Crippen molar-refractivity contribution in [3.63, 3.8) is 0 Å². The normalized spacial score (nSPS) is 11.5. The fraction of sp³-hybridized carbons (Fsp3) is 0.182. The fourth-order valence-electron chi connectivity index (χ4n) is 2.81. The van der Waals surface area contributed by atoms with E-state index in [-0.39, 0.29) is 11.9 Å². The van der Waals surface area contributed by atoms with Crippen LogP contribution in [0.1, 0.15) is 34.5 Å². The standard InChI is InChI=1S/C22H23N3O2/c1-16(17-8-4-3-5-9-17)25-22(26)19-12-20(15-23-13-19)24-14-18-10-6-7-11-21(18)27-2/h3-13,15-16,24H,14H2,1-2H3,(H,25,26). The first-order valence-electron chi connectivity index (χ1n) is 8.84. The van der Waals surface area contributed by atoms with E-state index in [1.165, 1.54) is 0 Å². The average Bonchev–Trinajstić information content (AvgIpc) is 2.73. The predicted molar refractivity (Wildman–Crippen MR) is 107 cm³/mol. The zero-order valence-electron chi connectivity index (χ0n) is 15.5. The number of carbonyl (C=O) groups excluding carboxylic acids is 1. The second-order valence-corrected chi connectivity index (χ2v) is 6.23. The summed E-state index contributed by atoms with van der Waals surface area (Å²) >= 11 is 0. The Morgan fingerprint density at radius 2 is 1.81 bits per heavy atom. The minimum atomic E-state index is -0.153. The van der Waals surface area contributed by atoms with Crippen LogP contribution < -0.4 is 15.4 Å². The lowest BCUT2D eigenvalue weighted by Crippen LogP contribution is -2.26. The molecule has 5 heteroatoms. The summed E-state index contributed by atoms with van der Waals surface area (Å²) in [6.45, 7) is 2.54. The number of rotatable bonds is 7. The third kappa shape index (κ3) is 4.85. The van der Waals surface area contributed by atoms with Crippen LogP contribution in [0.2, 0.25) is 0 Å². The van der Waals surface area contributed by atoms with E-state index in [2.05, 4.69) is 15.6 Å². The van der Waals surface area contributed by atoms with Crippen molar-refractivity contribution in [1.29, 1.82) is 0 Å². The lowest BCUT2D eigenvalue weighted by atomic mass is 10.1. The Morgan fingerprint density at radius 1 is 1.07 bits per heavy atom. The molecule has 138 valence electrons. The van der Waals surface area contributed by atoms with Gasteiger partial charge in [0.1, 0.15) is 5.75 Å². The van der Waals surface area contributed by atoms with Crippen LogP contribution in [0.25, 0.3) is 0 Å². The molecule has 0 bridgehead atoms. The molecule has 0 spiro atoms. The second kappa shape index (κ2) is 8.85. The Hall–Kier alpha value is -3.34. The number of ether oxygens (including phenoxy) is 1. The molecule has 1 amide bonds. The number of benzene rings is 2. The number of carbonyl (C=O) groups is 1. The highest BCUT2D eigenvalue weighted by molar-refractivity contribution is 5.94. The Balaban J connectivity index is 1.65. The molecular formula is C22H23N3O2. The highest BCUT2D eigenvalue weighted by Gasteiger charge is 2.12. The topological polar surface area (TPSA) is 63.2 Å². The predicted octanol–water partition coefficient (Wildman–Crippen LogP) is 4.19. The second-order valence-electron chi connectivity index (χ2n) is 6.23. The van der Waals surface area contributed by atoms with Gasteiger partial charge in [0.05, 0.1) is 24.4 Å². The van der Waals surface area contributed by atoms with Crippen molar-refractivity contribution in [2.24, 2.45) is 0 Å². The maximum Gasteiger partial charge on any atom is 0.253 e. The number of pyridine rings is 1. The van der Waals surface area contributed by atoms with Gasteiger partial charge in [-0.05, 0) is 24.6 Å². The van der Waals surface area contributed by atoms with E-state index in [1.807, 2.05) is 61.5 Å². The number of nitrogens with zero attached hydrogens (tertiary/aromatic N) is 1. The molecule has 0 radical (unpaired) electrons. The van der Waals surface area contributed by atoms with Crippen LogP contribution >= 0.6 is 0 Å². The maximum atomic E-state index is 12.6. The Kier molecular flexibility index (Phi) is 6.05. The molecule has 3 aromatic rings. The molecule has 2 aromatic carbocycles. The maximum absolute atomic E-state index is 12.6. The van der Waals surface area contributed by atoms with Gasteiger partial charge in [-0.15, -0.1) is 0 Å². The first-order valence-corrected chi connectivity index (χ1v) is 8.84. The van der Waals surface area contributed by atoms with E-state index in [0.29, 0.717) is 12.1 Å². The van der Waals surface area contributed by atoms with Crippen molar-refractivity contribution in [3.8, 4) is 5.75 Å². The molecule has 5 nitrogen and oxygen atoms in total. The van der Waals surface area contributed by atoms with Crippen LogP contribution in [0.5, 0.6) is 5.75 Å². The zero-order valence-corrected chi connectivity index (χ0v) is 15.5. The highest BCUT2D eigenvalue weighted by atomic mass is 16.5. The first-order chi connectivity index (χ1) is 13.2. The molecule has 0 aliphatic rings. The van der Waals surface area contributed by atoms with E-state index in [1.54, 1.807) is 25.6 Å². The van der Waals surface area contributed by atoms with E-state index >= 15 is 0 Å². The number of hydrogen-bond donors (Lipinski definition) is 2. The van der Waals surface area contributed by atoms with Crippen molar-refractivity contribution < 1.29 is 9.53 Å². The van der Waals surface area contributed by atoms with Gasteiger partial charge in [-0.25, -0.2) is 0 Å². The molecule has 0 fully saturated rings. The quantitative estimate of drug-likeness (QED) is 0.662. The zero-order chi connectivity index (χ0) is 19.1. The van der Waals surface area contributed by atoms with Crippen molar-refractivity contribution in [3.05, 3.63) is 89.7 Å². The lowest BCUT2D eigenvalue weighted by Gasteiger charge is -2.15. The number of amides is 1. The summed E-state index contributed by atoms with van der Waals surface area (Å²) < 4.78 is 5.36. The first kappa shape index (κ1) is 18.5. The largest absolute Gasteiger partial charge is 0.496 e. The third-order valence-electron chi connectivity index (χ3n) is 4.32. The van der Waals surface area contributed by atoms with Gasteiger partial charge < -0.3 is 15.4 Å². The number of hydrogen-bond acceptors (Lipinski definition) is 4. The van der Waals surface area contributed by atoms with Gasteiger partial charge in [-0.1, -0.05) is 48.5 Å². The van der Waals surface area contributed by atoms with E-state index in [9.17, 15) is 4.79 Å². The number of aromatic nitrogens is 1. The minimum absolute atomic E-state index is 0.0797. The van der Waals surface area contributed by atoms with Crippen molar-refractivity contribution in [2.75, 3.05) is 12.4 Å². The molecule has 27 heavy (non-hydrogen) atoms. The van der Waals surface area contributed by atoms with E-state index in [4.69, 9.17) is 4.74 Å². The molecule has 1 atom stereocenters. The minimum Gasteiger partial charge on any atom is -0.496 e. The Bertz CT molecular complexity index is 897. The molecule has 1 heterocycles. The van der Waals surface area contributed by atoms with Crippen LogP contribution in [-0.4, -0.2) is 18.0 Å². The SMILES string of the molecule is COc1ccccc1CNc1cncc(C(=O)NC(C)c2ccccc2)c1. The summed E-state index contributed by atoms with van der Waals surface area (Å²) in [6, 6.07) is 19.4. The van der Waals surface area contributed by atoms with Crippen molar-refractivity contribution in [2.45, 2.75) is 19.5 Å². The van der Waals surface area contributed by atoms with Gasteiger partial charge in [-0.2, -0.15) is 0 Å².